The zero-order valence-electron chi connectivity index (χ0n) is 9.45. The molecule has 0 aliphatic rings. The third kappa shape index (κ3) is 3.74. The van der Waals surface area contributed by atoms with E-state index in [1.807, 2.05) is 25.1 Å². The molecule has 2 heteroatoms. The van der Waals surface area contributed by atoms with Gasteiger partial charge in [0.1, 0.15) is 11.5 Å². The van der Waals surface area contributed by atoms with Crippen LogP contribution >= 0.6 is 0 Å². The first-order chi connectivity index (χ1) is 7.27. The fraction of sp³-hybridized carbons (Fsp3) is 0.462. The molecule has 0 saturated carbocycles. The normalized spacial score (nSPS) is 10.0. The molecule has 1 rings (SSSR count). The molecule has 0 aliphatic carbocycles. The lowest BCUT2D eigenvalue weighted by Crippen LogP contribution is -1.97. The van der Waals surface area contributed by atoms with Crippen LogP contribution in [0.2, 0.25) is 0 Å². The van der Waals surface area contributed by atoms with E-state index in [-0.39, 0.29) is 0 Å². The number of Topliss-reactive ketones (excluding diaryl/α,β-unsaturated/α-hetero) is 1. The Morgan fingerprint density at radius 2 is 2.07 bits per heavy atom. The summed E-state index contributed by atoms with van der Waals surface area (Å²) in [5.41, 5.74) is 1.18. The maximum absolute atomic E-state index is 11.1. The van der Waals surface area contributed by atoms with Gasteiger partial charge in [-0.05, 0) is 24.5 Å². The smallest absolute Gasteiger partial charge is 0.132 e. The van der Waals surface area contributed by atoms with Crippen LogP contribution in [0.5, 0.6) is 5.75 Å². The summed E-state index contributed by atoms with van der Waals surface area (Å²) in [6.45, 7) is 1.91. The molecule has 1 aromatic rings. The zero-order chi connectivity index (χ0) is 11.1. The molecular weight excluding hydrogens is 188 g/mol. The number of rotatable bonds is 6. The van der Waals surface area contributed by atoms with Crippen molar-refractivity contribution in [1.29, 1.82) is 0 Å². The average molecular weight is 206 g/mol. The number of ketones is 1. The van der Waals surface area contributed by atoms with Crippen LogP contribution < -0.4 is 4.74 Å². The molecule has 0 fully saturated rings. The maximum atomic E-state index is 11.1. The van der Waals surface area contributed by atoms with E-state index in [1.165, 1.54) is 5.56 Å². The Morgan fingerprint density at radius 1 is 1.33 bits per heavy atom. The van der Waals surface area contributed by atoms with Gasteiger partial charge in [0.05, 0.1) is 7.11 Å². The molecule has 0 aliphatic heterocycles. The van der Waals surface area contributed by atoms with E-state index in [1.54, 1.807) is 7.11 Å². The standard InChI is InChI=1S/C13H18O2/c1-3-12(14)9-6-8-11-7-4-5-10-13(11)15-2/h4-5,7,10H,3,6,8-9H2,1-2H3. The number of aryl methyl sites for hydroxylation is 1. The molecular formula is C13H18O2. The minimum absolute atomic E-state index is 0.338. The van der Waals surface area contributed by atoms with Gasteiger partial charge in [-0.15, -0.1) is 0 Å². The van der Waals surface area contributed by atoms with E-state index in [0.29, 0.717) is 18.6 Å². The number of carbonyl (C=O) groups is 1. The summed E-state index contributed by atoms with van der Waals surface area (Å²) in [5, 5.41) is 0. The molecule has 15 heavy (non-hydrogen) atoms. The molecule has 0 N–H and O–H groups in total. The van der Waals surface area contributed by atoms with E-state index in [9.17, 15) is 4.79 Å². The summed E-state index contributed by atoms with van der Waals surface area (Å²) < 4.78 is 5.24. The molecule has 0 amide bonds. The highest BCUT2D eigenvalue weighted by Gasteiger charge is 2.03. The molecule has 0 unspecified atom stereocenters. The van der Waals surface area contributed by atoms with Gasteiger partial charge in [-0.3, -0.25) is 4.79 Å². The third-order valence-corrected chi connectivity index (χ3v) is 2.49. The predicted octanol–water partition coefficient (Wildman–Crippen LogP) is 3.00. The summed E-state index contributed by atoms with van der Waals surface area (Å²) in [5.74, 6) is 1.26. The Kier molecular flexibility index (Phi) is 4.88. The first-order valence-corrected chi connectivity index (χ1v) is 5.41. The topological polar surface area (TPSA) is 26.3 Å². The van der Waals surface area contributed by atoms with Crippen molar-refractivity contribution < 1.29 is 9.53 Å². The lowest BCUT2D eigenvalue weighted by molar-refractivity contribution is -0.118. The highest BCUT2D eigenvalue weighted by Crippen LogP contribution is 2.19. The van der Waals surface area contributed by atoms with Gasteiger partial charge in [0, 0.05) is 12.8 Å². The first kappa shape index (κ1) is 11.8. The fourth-order valence-electron chi connectivity index (χ4n) is 1.56. The summed E-state index contributed by atoms with van der Waals surface area (Å²) in [6, 6.07) is 7.96. The van der Waals surface area contributed by atoms with Crippen LogP contribution in [0.3, 0.4) is 0 Å². The fourth-order valence-corrected chi connectivity index (χ4v) is 1.56. The molecule has 0 saturated heterocycles. The second-order valence-electron chi connectivity index (χ2n) is 3.56. The Labute approximate surface area is 91.3 Å². The van der Waals surface area contributed by atoms with E-state index < -0.39 is 0 Å². The lowest BCUT2D eigenvalue weighted by atomic mass is 10.0. The van der Waals surface area contributed by atoms with Crippen LogP contribution in [0.15, 0.2) is 24.3 Å². The second-order valence-corrected chi connectivity index (χ2v) is 3.56. The van der Waals surface area contributed by atoms with Crippen molar-refractivity contribution in [3.8, 4) is 5.75 Å². The Balaban J connectivity index is 2.46. The van der Waals surface area contributed by atoms with E-state index in [0.717, 1.165) is 18.6 Å². The van der Waals surface area contributed by atoms with Crippen molar-refractivity contribution in [3.05, 3.63) is 29.8 Å². The monoisotopic (exact) mass is 206 g/mol. The van der Waals surface area contributed by atoms with Gasteiger partial charge in [-0.1, -0.05) is 25.1 Å². The Morgan fingerprint density at radius 3 is 2.73 bits per heavy atom. The van der Waals surface area contributed by atoms with Crippen LogP contribution in [0, 0.1) is 0 Å². The van der Waals surface area contributed by atoms with E-state index in [4.69, 9.17) is 4.74 Å². The number of carbonyl (C=O) groups excluding carboxylic acids is 1. The van der Waals surface area contributed by atoms with Gasteiger partial charge in [0.15, 0.2) is 0 Å². The highest BCUT2D eigenvalue weighted by atomic mass is 16.5. The zero-order valence-corrected chi connectivity index (χ0v) is 9.45. The Hall–Kier alpha value is -1.31. The maximum Gasteiger partial charge on any atom is 0.132 e. The number of ether oxygens (including phenoxy) is 1. The van der Waals surface area contributed by atoms with Crippen LogP contribution in [0.25, 0.3) is 0 Å². The number of para-hydroxylation sites is 1. The molecule has 82 valence electrons. The van der Waals surface area contributed by atoms with Gasteiger partial charge < -0.3 is 4.74 Å². The molecule has 0 heterocycles. The summed E-state index contributed by atoms with van der Waals surface area (Å²) in [4.78, 5) is 11.1. The second kappa shape index (κ2) is 6.23. The van der Waals surface area contributed by atoms with Crippen molar-refractivity contribution >= 4 is 5.78 Å². The number of hydrogen-bond acceptors (Lipinski definition) is 2. The molecule has 0 spiro atoms. The van der Waals surface area contributed by atoms with Crippen molar-refractivity contribution in [2.75, 3.05) is 7.11 Å². The largest absolute Gasteiger partial charge is 0.496 e. The SMILES string of the molecule is CCC(=O)CCCc1ccccc1OC. The van der Waals surface area contributed by atoms with Crippen LogP contribution in [0.4, 0.5) is 0 Å². The predicted molar refractivity (Wildman–Crippen MR) is 61.2 cm³/mol. The summed E-state index contributed by atoms with van der Waals surface area (Å²) in [6.07, 6.45) is 3.14. The van der Waals surface area contributed by atoms with Gasteiger partial charge in [-0.2, -0.15) is 0 Å². The molecule has 0 radical (unpaired) electrons. The highest BCUT2D eigenvalue weighted by molar-refractivity contribution is 5.77. The van der Waals surface area contributed by atoms with Crippen molar-refractivity contribution in [1.82, 2.24) is 0 Å². The van der Waals surface area contributed by atoms with Gasteiger partial charge in [0.25, 0.3) is 0 Å². The summed E-state index contributed by atoms with van der Waals surface area (Å²) in [7, 11) is 1.68. The lowest BCUT2D eigenvalue weighted by Gasteiger charge is -2.07. The van der Waals surface area contributed by atoms with Gasteiger partial charge in [0.2, 0.25) is 0 Å². The van der Waals surface area contributed by atoms with Crippen LogP contribution in [-0.2, 0) is 11.2 Å². The molecule has 0 bridgehead atoms. The van der Waals surface area contributed by atoms with Crippen molar-refractivity contribution in [2.45, 2.75) is 32.6 Å². The molecule has 1 aromatic carbocycles. The quantitative estimate of drug-likeness (QED) is 0.715. The number of methoxy groups -OCH3 is 1. The third-order valence-electron chi connectivity index (χ3n) is 2.49. The van der Waals surface area contributed by atoms with Crippen LogP contribution in [-0.4, -0.2) is 12.9 Å². The van der Waals surface area contributed by atoms with Crippen LogP contribution in [0.1, 0.15) is 31.7 Å². The minimum atomic E-state index is 0.338. The summed E-state index contributed by atoms with van der Waals surface area (Å²) >= 11 is 0. The van der Waals surface area contributed by atoms with E-state index in [2.05, 4.69) is 6.07 Å². The number of hydrogen-bond donors (Lipinski definition) is 0. The van der Waals surface area contributed by atoms with Gasteiger partial charge >= 0.3 is 0 Å². The minimum Gasteiger partial charge on any atom is -0.496 e. The first-order valence-electron chi connectivity index (χ1n) is 5.41. The van der Waals surface area contributed by atoms with Crippen molar-refractivity contribution in [3.63, 3.8) is 0 Å². The number of benzene rings is 1. The van der Waals surface area contributed by atoms with Gasteiger partial charge in [-0.25, -0.2) is 0 Å². The van der Waals surface area contributed by atoms with E-state index >= 15 is 0 Å². The van der Waals surface area contributed by atoms with Crippen molar-refractivity contribution in [2.24, 2.45) is 0 Å². The molecule has 0 atom stereocenters. The average Bonchev–Trinajstić information content (AvgIpc) is 2.29. The molecule has 2 nitrogen and oxygen atoms in total. The Bertz CT molecular complexity index is 318. The molecule has 0 aromatic heterocycles.